The molecule has 4 nitrogen and oxygen atoms in total. The minimum absolute atomic E-state index is 0.0788. The van der Waals surface area contributed by atoms with Crippen LogP contribution in [0.4, 0.5) is 0 Å². The molecule has 5 heteroatoms. The van der Waals surface area contributed by atoms with E-state index >= 15 is 0 Å². The quantitative estimate of drug-likeness (QED) is 0.680. The molecule has 1 aromatic carbocycles. The van der Waals surface area contributed by atoms with Crippen LogP contribution in [0.15, 0.2) is 36.5 Å². The van der Waals surface area contributed by atoms with E-state index in [9.17, 15) is 0 Å². The maximum atomic E-state index is 6.10. The normalized spacial score (nSPS) is 17.0. The van der Waals surface area contributed by atoms with Crippen LogP contribution in [0.2, 0.25) is 0 Å². The molecule has 0 spiro atoms. The van der Waals surface area contributed by atoms with E-state index in [1.807, 2.05) is 37.4 Å². The second kappa shape index (κ2) is 4.74. The summed E-state index contributed by atoms with van der Waals surface area (Å²) in [6.07, 6.45) is 1.86. The fourth-order valence-electron chi connectivity index (χ4n) is 2.91. The van der Waals surface area contributed by atoms with Gasteiger partial charge in [-0.1, -0.05) is 18.2 Å². The fraction of sp³-hybridized carbons (Fsp3) is 0.250. The van der Waals surface area contributed by atoms with Crippen molar-refractivity contribution in [2.75, 3.05) is 6.61 Å². The van der Waals surface area contributed by atoms with Gasteiger partial charge < -0.3 is 9.30 Å². The standard InChI is InChI=1S/C16H14ClN3O/c1-10-6-12-16(18-8-10)20(15(7-17)19-12)13-9-21-14-5-3-2-4-11(13)14/h2-6,8,13H,7,9H2,1H3. The van der Waals surface area contributed by atoms with Crippen molar-refractivity contribution in [3.05, 3.63) is 53.5 Å². The third-order valence-corrected chi connectivity index (χ3v) is 4.08. The van der Waals surface area contributed by atoms with E-state index in [0.717, 1.165) is 33.9 Å². The Balaban J connectivity index is 1.94. The molecule has 1 atom stereocenters. The number of ether oxygens (including phenoxy) is 1. The third-order valence-electron chi connectivity index (χ3n) is 3.85. The maximum absolute atomic E-state index is 6.10. The Morgan fingerprint density at radius 3 is 3.10 bits per heavy atom. The molecule has 1 aliphatic heterocycles. The summed E-state index contributed by atoms with van der Waals surface area (Å²) in [6, 6.07) is 10.2. The van der Waals surface area contributed by atoms with Crippen LogP contribution in [0.3, 0.4) is 0 Å². The van der Waals surface area contributed by atoms with E-state index in [1.165, 1.54) is 0 Å². The lowest BCUT2D eigenvalue weighted by Crippen LogP contribution is -2.15. The lowest BCUT2D eigenvalue weighted by Gasteiger charge is -2.14. The summed E-state index contributed by atoms with van der Waals surface area (Å²) in [5.74, 6) is 2.11. The molecule has 3 aromatic rings. The zero-order chi connectivity index (χ0) is 14.4. The molecule has 106 valence electrons. The minimum atomic E-state index is 0.0788. The number of halogens is 1. The summed E-state index contributed by atoms with van der Waals surface area (Å²) >= 11 is 6.10. The van der Waals surface area contributed by atoms with Crippen LogP contribution < -0.4 is 4.74 Å². The van der Waals surface area contributed by atoms with Gasteiger partial charge in [0.2, 0.25) is 0 Å². The maximum Gasteiger partial charge on any atom is 0.160 e. The molecule has 0 amide bonds. The second-order valence-corrected chi connectivity index (χ2v) is 5.52. The Morgan fingerprint density at radius 1 is 1.38 bits per heavy atom. The van der Waals surface area contributed by atoms with E-state index < -0.39 is 0 Å². The number of fused-ring (bicyclic) bond motifs is 2. The monoisotopic (exact) mass is 299 g/mol. The molecular weight excluding hydrogens is 286 g/mol. The summed E-state index contributed by atoms with van der Waals surface area (Å²) in [6.45, 7) is 2.60. The molecule has 4 rings (SSSR count). The van der Waals surface area contributed by atoms with Crippen molar-refractivity contribution in [3.63, 3.8) is 0 Å². The fourth-order valence-corrected chi connectivity index (χ4v) is 3.10. The molecule has 0 aliphatic carbocycles. The number of benzene rings is 1. The van der Waals surface area contributed by atoms with Gasteiger partial charge in [0.1, 0.15) is 23.7 Å². The van der Waals surface area contributed by atoms with Gasteiger partial charge in [0.05, 0.1) is 11.9 Å². The molecule has 2 aromatic heterocycles. The van der Waals surface area contributed by atoms with Crippen LogP contribution in [0.1, 0.15) is 23.0 Å². The summed E-state index contributed by atoms with van der Waals surface area (Å²) in [5, 5.41) is 0. The van der Waals surface area contributed by atoms with Gasteiger partial charge >= 0.3 is 0 Å². The number of aromatic nitrogens is 3. The first-order valence-corrected chi connectivity index (χ1v) is 7.42. The van der Waals surface area contributed by atoms with Crippen LogP contribution >= 0.6 is 11.6 Å². The summed E-state index contributed by atoms with van der Waals surface area (Å²) in [7, 11) is 0. The molecule has 0 saturated carbocycles. The Hall–Kier alpha value is -2.07. The molecule has 1 aliphatic rings. The van der Waals surface area contributed by atoms with Crippen molar-refractivity contribution in [1.82, 2.24) is 14.5 Å². The van der Waals surface area contributed by atoms with Gasteiger partial charge in [-0.25, -0.2) is 9.97 Å². The largest absolute Gasteiger partial charge is 0.491 e. The number of imidazole rings is 1. The predicted molar refractivity (Wildman–Crippen MR) is 81.9 cm³/mol. The first kappa shape index (κ1) is 12.7. The number of nitrogens with zero attached hydrogens (tertiary/aromatic N) is 3. The zero-order valence-corrected chi connectivity index (χ0v) is 12.3. The Kier molecular flexibility index (Phi) is 2.86. The van der Waals surface area contributed by atoms with Gasteiger partial charge in [0.25, 0.3) is 0 Å². The number of alkyl halides is 1. The van der Waals surface area contributed by atoms with Crippen molar-refractivity contribution in [1.29, 1.82) is 0 Å². The SMILES string of the molecule is Cc1cnc2c(c1)nc(CCl)n2C1COc2ccccc21. The molecule has 21 heavy (non-hydrogen) atoms. The molecule has 0 saturated heterocycles. The van der Waals surface area contributed by atoms with Crippen molar-refractivity contribution >= 4 is 22.8 Å². The lowest BCUT2D eigenvalue weighted by atomic mass is 10.1. The van der Waals surface area contributed by atoms with Crippen LogP contribution in [-0.4, -0.2) is 21.1 Å². The average molecular weight is 300 g/mol. The topological polar surface area (TPSA) is 39.9 Å². The van der Waals surface area contributed by atoms with Gasteiger partial charge in [-0.2, -0.15) is 0 Å². The highest BCUT2D eigenvalue weighted by atomic mass is 35.5. The van der Waals surface area contributed by atoms with Crippen LogP contribution in [0.25, 0.3) is 11.2 Å². The molecular formula is C16H14ClN3O. The molecule has 0 N–H and O–H groups in total. The number of pyridine rings is 1. The van der Waals surface area contributed by atoms with Crippen LogP contribution in [-0.2, 0) is 5.88 Å². The van der Waals surface area contributed by atoms with E-state index in [4.69, 9.17) is 16.3 Å². The molecule has 3 heterocycles. The Morgan fingerprint density at radius 2 is 2.24 bits per heavy atom. The van der Waals surface area contributed by atoms with Gasteiger partial charge in [-0.3, -0.25) is 0 Å². The van der Waals surface area contributed by atoms with E-state index in [0.29, 0.717) is 12.5 Å². The van der Waals surface area contributed by atoms with Gasteiger partial charge in [0, 0.05) is 11.8 Å². The van der Waals surface area contributed by atoms with Crippen molar-refractivity contribution in [2.24, 2.45) is 0 Å². The molecule has 0 fully saturated rings. The smallest absolute Gasteiger partial charge is 0.160 e. The van der Waals surface area contributed by atoms with Gasteiger partial charge in [0.15, 0.2) is 5.65 Å². The summed E-state index contributed by atoms with van der Waals surface area (Å²) < 4.78 is 7.89. The highest BCUT2D eigenvalue weighted by Crippen LogP contribution is 2.37. The van der Waals surface area contributed by atoms with E-state index in [-0.39, 0.29) is 6.04 Å². The Bertz CT molecular complexity index is 828. The van der Waals surface area contributed by atoms with Gasteiger partial charge in [-0.05, 0) is 24.6 Å². The summed E-state index contributed by atoms with van der Waals surface area (Å²) in [5.41, 5.74) is 4.00. The number of rotatable bonds is 2. The first-order valence-electron chi connectivity index (χ1n) is 6.89. The molecule has 0 radical (unpaired) electrons. The van der Waals surface area contributed by atoms with Crippen molar-refractivity contribution in [2.45, 2.75) is 18.8 Å². The number of hydrogen-bond donors (Lipinski definition) is 0. The minimum Gasteiger partial charge on any atom is -0.491 e. The van der Waals surface area contributed by atoms with Crippen molar-refractivity contribution in [3.8, 4) is 5.75 Å². The van der Waals surface area contributed by atoms with E-state index in [1.54, 1.807) is 0 Å². The lowest BCUT2D eigenvalue weighted by molar-refractivity contribution is 0.316. The van der Waals surface area contributed by atoms with Crippen LogP contribution in [0, 0.1) is 6.92 Å². The number of para-hydroxylation sites is 1. The highest BCUT2D eigenvalue weighted by Gasteiger charge is 2.29. The number of hydrogen-bond acceptors (Lipinski definition) is 3. The Labute approximate surface area is 127 Å². The van der Waals surface area contributed by atoms with E-state index in [2.05, 4.69) is 20.6 Å². The number of aryl methyl sites for hydroxylation is 1. The highest BCUT2D eigenvalue weighted by molar-refractivity contribution is 6.16. The second-order valence-electron chi connectivity index (χ2n) is 5.25. The van der Waals surface area contributed by atoms with Crippen molar-refractivity contribution < 1.29 is 4.74 Å². The van der Waals surface area contributed by atoms with Crippen LogP contribution in [0.5, 0.6) is 5.75 Å². The molecule has 0 bridgehead atoms. The first-order chi connectivity index (χ1) is 10.3. The average Bonchev–Trinajstić information content (AvgIpc) is 3.07. The summed E-state index contributed by atoms with van der Waals surface area (Å²) in [4.78, 5) is 9.18. The predicted octanol–water partition coefficient (Wildman–Crippen LogP) is 3.46. The van der Waals surface area contributed by atoms with Gasteiger partial charge in [-0.15, -0.1) is 11.6 Å². The molecule has 1 unspecified atom stereocenters. The zero-order valence-electron chi connectivity index (χ0n) is 11.6. The third kappa shape index (κ3) is 1.90.